The predicted molar refractivity (Wildman–Crippen MR) is 57.6 cm³/mol. The van der Waals surface area contributed by atoms with Crippen LogP contribution in [-0.2, 0) is 9.53 Å². The third-order valence-electron chi connectivity index (χ3n) is 3.50. The molecule has 2 rings (SSSR count). The molecule has 1 aliphatic heterocycles. The average Bonchev–Trinajstić information content (AvgIpc) is 2.61. The molecule has 0 aromatic heterocycles. The lowest BCUT2D eigenvalue weighted by molar-refractivity contribution is -0.143. The highest BCUT2D eigenvalue weighted by atomic mass is 16.5. The second-order valence-electron chi connectivity index (χ2n) is 4.44. The summed E-state index contributed by atoms with van der Waals surface area (Å²) in [5.41, 5.74) is 0. The molecule has 1 saturated heterocycles. The number of nitrogens with one attached hydrogen (secondary N) is 1. The molecule has 0 spiro atoms. The number of esters is 1. The Bertz CT molecular complexity index is 233. The molecule has 15 heavy (non-hydrogen) atoms. The Labute approximate surface area is 91.0 Å². The van der Waals surface area contributed by atoms with Gasteiger partial charge < -0.3 is 10.1 Å². The van der Waals surface area contributed by atoms with Crippen LogP contribution in [0.3, 0.4) is 0 Å². The van der Waals surface area contributed by atoms with Crippen LogP contribution in [0.25, 0.3) is 0 Å². The van der Waals surface area contributed by atoms with Gasteiger partial charge in [0, 0.05) is 18.6 Å². The van der Waals surface area contributed by atoms with E-state index in [1.54, 1.807) is 0 Å². The Morgan fingerprint density at radius 1 is 1.40 bits per heavy atom. The number of rotatable bonds is 2. The van der Waals surface area contributed by atoms with E-state index in [9.17, 15) is 4.79 Å². The molecule has 2 unspecified atom stereocenters. The Kier molecular flexibility index (Phi) is 3.59. The van der Waals surface area contributed by atoms with Gasteiger partial charge in [0.1, 0.15) is 0 Å². The number of cyclic esters (lactones) is 1. The number of carbonyl (C=O) groups is 1. The van der Waals surface area contributed by atoms with Crippen LogP contribution in [0.15, 0.2) is 0 Å². The largest absolute Gasteiger partial charge is 0.465 e. The molecule has 86 valence electrons. The first kappa shape index (κ1) is 10.9. The first-order valence-corrected chi connectivity index (χ1v) is 5.88. The van der Waals surface area contributed by atoms with Gasteiger partial charge in [0.25, 0.3) is 0 Å². The van der Waals surface area contributed by atoms with Crippen molar-refractivity contribution in [1.29, 1.82) is 0 Å². The normalized spacial score (nSPS) is 33.8. The average molecular weight is 212 g/mol. The number of carbonyl (C=O) groups excluding carboxylic acids is 1. The van der Waals surface area contributed by atoms with E-state index in [2.05, 4.69) is 10.2 Å². The zero-order valence-electron chi connectivity index (χ0n) is 9.37. The summed E-state index contributed by atoms with van der Waals surface area (Å²) < 4.78 is 5.06. The van der Waals surface area contributed by atoms with Crippen molar-refractivity contribution >= 4 is 5.97 Å². The third-order valence-corrected chi connectivity index (χ3v) is 3.50. The van der Waals surface area contributed by atoms with Crippen LogP contribution >= 0.6 is 0 Å². The molecule has 0 bridgehead atoms. The van der Waals surface area contributed by atoms with E-state index in [4.69, 9.17) is 4.74 Å². The monoisotopic (exact) mass is 212 g/mol. The summed E-state index contributed by atoms with van der Waals surface area (Å²) >= 11 is 0. The van der Waals surface area contributed by atoms with E-state index in [1.165, 1.54) is 19.3 Å². The van der Waals surface area contributed by atoms with Crippen LogP contribution in [0, 0.1) is 0 Å². The molecule has 1 heterocycles. The highest BCUT2D eigenvalue weighted by Crippen LogP contribution is 2.24. The second-order valence-corrected chi connectivity index (χ2v) is 4.44. The molecule has 2 fully saturated rings. The van der Waals surface area contributed by atoms with E-state index in [1.807, 2.05) is 7.05 Å². The van der Waals surface area contributed by atoms with Gasteiger partial charge in [-0.1, -0.05) is 6.42 Å². The summed E-state index contributed by atoms with van der Waals surface area (Å²) in [6, 6.07) is 1.08. The fraction of sp³-hybridized carbons (Fsp3) is 0.909. The minimum Gasteiger partial charge on any atom is -0.465 e. The lowest BCUT2D eigenvalue weighted by Gasteiger charge is -2.30. The SMILES string of the molecule is CNC1CCCC1N1CCCOC(=O)C1. The summed E-state index contributed by atoms with van der Waals surface area (Å²) in [6.07, 6.45) is 4.67. The van der Waals surface area contributed by atoms with Crippen molar-refractivity contribution in [2.24, 2.45) is 0 Å². The molecule has 1 N–H and O–H groups in total. The van der Waals surface area contributed by atoms with Crippen LogP contribution in [0.4, 0.5) is 0 Å². The fourth-order valence-corrected chi connectivity index (χ4v) is 2.74. The number of hydrogen-bond donors (Lipinski definition) is 1. The van der Waals surface area contributed by atoms with Crippen LogP contribution in [0.5, 0.6) is 0 Å². The topological polar surface area (TPSA) is 41.6 Å². The van der Waals surface area contributed by atoms with Gasteiger partial charge >= 0.3 is 5.97 Å². The third kappa shape index (κ3) is 2.49. The van der Waals surface area contributed by atoms with Gasteiger partial charge in [0.05, 0.1) is 13.2 Å². The summed E-state index contributed by atoms with van der Waals surface area (Å²) in [6.45, 7) is 2.06. The Morgan fingerprint density at radius 3 is 3.07 bits per heavy atom. The summed E-state index contributed by atoms with van der Waals surface area (Å²) in [4.78, 5) is 13.7. The fourth-order valence-electron chi connectivity index (χ4n) is 2.74. The zero-order chi connectivity index (χ0) is 10.7. The molecule has 0 radical (unpaired) electrons. The maximum Gasteiger partial charge on any atom is 0.320 e. The number of ether oxygens (including phenoxy) is 1. The molecular weight excluding hydrogens is 192 g/mol. The molecule has 0 aromatic carbocycles. The Morgan fingerprint density at radius 2 is 2.27 bits per heavy atom. The quantitative estimate of drug-likeness (QED) is 0.672. The van der Waals surface area contributed by atoms with E-state index < -0.39 is 0 Å². The lowest BCUT2D eigenvalue weighted by atomic mass is 10.1. The number of hydrogen-bond acceptors (Lipinski definition) is 4. The highest BCUT2D eigenvalue weighted by Gasteiger charge is 2.32. The summed E-state index contributed by atoms with van der Waals surface area (Å²) in [5.74, 6) is -0.0609. The summed E-state index contributed by atoms with van der Waals surface area (Å²) in [5, 5.41) is 3.35. The van der Waals surface area contributed by atoms with Crippen molar-refractivity contribution in [2.45, 2.75) is 37.8 Å². The Balaban J connectivity index is 1.98. The molecule has 2 atom stereocenters. The maximum atomic E-state index is 11.4. The van der Waals surface area contributed by atoms with Gasteiger partial charge in [-0.25, -0.2) is 0 Å². The molecule has 4 nitrogen and oxygen atoms in total. The smallest absolute Gasteiger partial charge is 0.320 e. The van der Waals surface area contributed by atoms with Crippen molar-refractivity contribution in [3.8, 4) is 0 Å². The first-order chi connectivity index (χ1) is 7.31. The van der Waals surface area contributed by atoms with Crippen LogP contribution in [-0.4, -0.2) is 49.7 Å². The molecule has 0 amide bonds. The maximum absolute atomic E-state index is 11.4. The van der Waals surface area contributed by atoms with Gasteiger partial charge in [-0.3, -0.25) is 9.69 Å². The minimum atomic E-state index is -0.0609. The van der Waals surface area contributed by atoms with Gasteiger partial charge in [-0.2, -0.15) is 0 Å². The first-order valence-electron chi connectivity index (χ1n) is 5.88. The number of nitrogens with zero attached hydrogens (tertiary/aromatic N) is 1. The van der Waals surface area contributed by atoms with Crippen molar-refractivity contribution in [2.75, 3.05) is 26.7 Å². The van der Waals surface area contributed by atoms with E-state index in [0.29, 0.717) is 25.2 Å². The highest BCUT2D eigenvalue weighted by molar-refractivity contribution is 5.71. The predicted octanol–water partition coefficient (Wildman–Crippen LogP) is 0.376. The van der Waals surface area contributed by atoms with E-state index >= 15 is 0 Å². The van der Waals surface area contributed by atoms with Crippen LogP contribution in [0.1, 0.15) is 25.7 Å². The minimum absolute atomic E-state index is 0.0609. The van der Waals surface area contributed by atoms with Crippen molar-refractivity contribution < 1.29 is 9.53 Å². The van der Waals surface area contributed by atoms with Crippen LogP contribution < -0.4 is 5.32 Å². The molecule has 0 aromatic rings. The lowest BCUT2D eigenvalue weighted by Crippen LogP contribution is -2.47. The van der Waals surface area contributed by atoms with E-state index in [-0.39, 0.29) is 5.97 Å². The van der Waals surface area contributed by atoms with Crippen molar-refractivity contribution in [3.63, 3.8) is 0 Å². The number of likely N-dealkylation sites (N-methyl/N-ethyl adjacent to an activating group) is 1. The summed E-state index contributed by atoms with van der Waals surface area (Å²) in [7, 11) is 2.01. The Hall–Kier alpha value is -0.610. The molecule has 1 saturated carbocycles. The van der Waals surface area contributed by atoms with Gasteiger partial charge in [0.15, 0.2) is 0 Å². The van der Waals surface area contributed by atoms with Crippen LogP contribution in [0.2, 0.25) is 0 Å². The second kappa shape index (κ2) is 4.94. The standard InChI is InChI=1S/C11H20N2O2/c1-12-9-4-2-5-10(9)13-6-3-7-15-11(14)8-13/h9-10,12H,2-8H2,1H3. The van der Waals surface area contributed by atoms with Crippen molar-refractivity contribution in [3.05, 3.63) is 0 Å². The van der Waals surface area contributed by atoms with E-state index in [0.717, 1.165) is 13.0 Å². The molecule has 2 aliphatic rings. The van der Waals surface area contributed by atoms with Gasteiger partial charge in [-0.05, 0) is 26.3 Å². The molecule has 1 aliphatic carbocycles. The molecular formula is C11H20N2O2. The van der Waals surface area contributed by atoms with Gasteiger partial charge in [-0.15, -0.1) is 0 Å². The molecule has 4 heteroatoms. The van der Waals surface area contributed by atoms with Gasteiger partial charge in [0.2, 0.25) is 0 Å². The van der Waals surface area contributed by atoms with Crippen molar-refractivity contribution in [1.82, 2.24) is 10.2 Å². The zero-order valence-corrected chi connectivity index (χ0v) is 9.37.